The van der Waals surface area contributed by atoms with Crippen LogP contribution in [-0.2, 0) is 9.57 Å². The molecule has 1 heterocycles. The molecule has 0 aromatic heterocycles. The number of hydrogen-bond acceptors (Lipinski definition) is 5. The third kappa shape index (κ3) is 5.39. The van der Waals surface area contributed by atoms with E-state index in [1.807, 2.05) is 6.92 Å². The molecule has 0 aliphatic carbocycles. The highest BCUT2D eigenvalue weighted by Crippen LogP contribution is 2.09. The second-order valence-electron chi connectivity index (χ2n) is 3.86. The van der Waals surface area contributed by atoms with Crippen molar-refractivity contribution in [3.8, 4) is 0 Å². The van der Waals surface area contributed by atoms with Crippen LogP contribution in [0.5, 0.6) is 0 Å². The molecular weight excluding hydrogens is 228 g/mol. The van der Waals surface area contributed by atoms with Gasteiger partial charge in [0.15, 0.2) is 0 Å². The summed E-state index contributed by atoms with van der Waals surface area (Å²) < 4.78 is 4.93. The zero-order chi connectivity index (χ0) is 12.7. The molecule has 1 rings (SSSR count). The van der Waals surface area contributed by atoms with Crippen LogP contribution in [-0.4, -0.2) is 48.2 Å². The van der Waals surface area contributed by atoms with Crippen LogP contribution in [0.4, 0.5) is 9.59 Å². The number of carbonyl (C=O) groups is 2. The summed E-state index contributed by atoms with van der Waals surface area (Å²) in [5, 5.41) is 12.4. The smallest absolute Gasteiger partial charge is 0.450 e. The van der Waals surface area contributed by atoms with Crippen molar-refractivity contribution in [3.63, 3.8) is 0 Å². The van der Waals surface area contributed by atoms with Gasteiger partial charge in [-0.25, -0.2) is 9.59 Å². The molecule has 0 radical (unpaired) electrons. The number of ether oxygens (including phenoxy) is 1. The lowest BCUT2D eigenvalue weighted by Crippen LogP contribution is -2.37. The molecule has 1 atom stereocenters. The van der Waals surface area contributed by atoms with Crippen LogP contribution < -0.4 is 5.32 Å². The van der Waals surface area contributed by atoms with E-state index in [-0.39, 0.29) is 6.04 Å². The summed E-state index contributed by atoms with van der Waals surface area (Å²) in [6.07, 6.45) is 0.663. The number of carboxylic acid groups (broad SMARTS) is 1. The minimum atomic E-state index is -1.34. The minimum absolute atomic E-state index is 0.122. The highest BCUT2D eigenvalue weighted by atomic mass is 16.8. The molecule has 0 aromatic carbocycles. The Bertz CT molecular complexity index is 271. The van der Waals surface area contributed by atoms with Gasteiger partial charge in [-0.1, -0.05) is 13.3 Å². The lowest BCUT2D eigenvalue weighted by molar-refractivity contribution is -0.103. The monoisotopic (exact) mass is 246 g/mol. The first-order valence-electron chi connectivity index (χ1n) is 5.71. The molecule has 0 aromatic rings. The van der Waals surface area contributed by atoms with Crippen molar-refractivity contribution in [2.45, 2.75) is 32.2 Å². The summed E-state index contributed by atoms with van der Waals surface area (Å²) in [6, 6.07) is -0.122. The van der Waals surface area contributed by atoms with E-state index < -0.39 is 12.2 Å². The van der Waals surface area contributed by atoms with Crippen molar-refractivity contribution < 1.29 is 24.3 Å². The van der Waals surface area contributed by atoms with Gasteiger partial charge in [0.05, 0.1) is 13.2 Å². The van der Waals surface area contributed by atoms with E-state index in [1.54, 1.807) is 0 Å². The van der Waals surface area contributed by atoms with Crippen molar-refractivity contribution in [1.29, 1.82) is 0 Å². The third-order valence-electron chi connectivity index (χ3n) is 2.41. The van der Waals surface area contributed by atoms with Crippen molar-refractivity contribution in [1.82, 2.24) is 10.4 Å². The van der Waals surface area contributed by atoms with Crippen LogP contribution in [0, 0.1) is 0 Å². The fourth-order valence-electron chi connectivity index (χ4n) is 1.56. The molecular formula is C10H18N2O5. The minimum Gasteiger partial charge on any atom is -0.450 e. The predicted octanol–water partition coefficient (Wildman–Crippen LogP) is 1.20. The number of alkyl carbamates (subject to hydrolysis) is 1. The summed E-state index contributed by atoms with van der Waals surface area (Å²) in [5.41, 5.74) is 0. The van der Waals surface area contributed by atoms with Crippen LogP contribution in [0.25, 0.3) is 0 Å². The Labute approximate surface area is 99.6 Å². The molecule has 0 spiro atoms. The third-order valence-corrected chi connectivity index (χ3v) is 2.41. The molecule has 7 nitrogen and oxygen atoms in total. The van der Waals surface area contributed by atoms with Crippen molar-refractivity contribution in [2.24, 2.45) is 0 Å². The lowest BCUT2D eigenvalue weighted by atomic mass is 10.3. The quantitative estimate of drug-likeness (QED) is 0.708. The molecule has 1 aliphatic rings. The second-order valence-corrected chi connectivity index (χ2v) is 3.86. The maximum atomic E-state index is 11.3. The van der Waals surface area contributed by atoms with E-state index in [4.69, 9.17) is 9.84 Å². The lowest BCUT2D eigenvalue weighted by Gasteiger charge is -2.14. The maximum absolute atomic E-state index is 11.3. The highest BCUT2D eigenvalue weighted by molar-refractivity contribution is 5.67. The number of nitrogens with zero attached hydrogens (tertiary/aromatic N) is 1. The van der Waals surface area contributed by atoms with Crippen molar-refractivity contribution in [3.05, 3.63) is 0 Å². The summed E-state index contributed by atoms with van der Waals surface area (Å²) in [5.74, 6) is 0. The van der Waals surface area contributed by atoms with E-state index in [0.717, 1.165) is 12.8 Å². The molecule has 1 saturated heterocycles. The van der Waals surface area contributed by atoms with Crippen LogP contribution in [0.15, 0.2) is 0 Å². The van der Waals surface area contributed by atoms with E-state index >= 15 is 0 Å². The molecule has 1 fully saturated rings. The van der Waals surface area contributed by atoms with Gasteiger partial charge in [-0.15, -0.1) is 5.06 Å². The standard InChI is InChI=1S/C10H18N2O5/c1-2-3-6-16-9(13)11-8-4-5-12(7-8)17-10(14)15/h8H,2-7H2,1H3,(H,11,13)(H,14,15). The molecule has 98 valence electrons. The first kappa shape index (κ1) is 13.6. The summed E-state index contributed by atoms with van der Waals surface area (Å²) in [4.78, 5) is 26.1. The number of rotatable bonds is 5. The molecule has 0 bridgehead atoms. The average molecular weight is 246 g/mol. The number of hydrogen-bond donors (Lipinski definition) is 2. The van der Waals surface area contributed by atoms with Gasteiger partial charge in [-0.05, 0) is 12.8 Å². The Morgan fingerprint density at radius 3 is 2.94 bits per heavy atom. The first-order chi connectivity index (χ1) is 8.11. The van der Waals surface area contributed by atoms with E-state index in [0.29, 0.717) is 26.1 Å². The fourth-order valence-corrected chi connectivity index (χ4v) is 1.56. The van der Waals surface area contributed by atoms with Gasteiger partial charge in [-0.3, -0.25) is 0 Å². The van der Waals surface area contributed by atoms with Gasteiger partial charge in [0.25, 0.3) is 0 Å². The molecule has 2 N–H and O–H groups in total. The van der Waals surface area contributed by atoms with E-state index in [9.17, 15) is 9.59 Å². The first-order valence-corrected chi connectivity index (χ1v) is 5.71. The summed E-state index contributed by atoms with van der Waals surface area (Å²) in [7, 11) is 0. The zero-order valence-electron chi connectivity index (χ0n) is 9.85. The van der Waals surface area contributed by atoms with Crippen LogP contribution in [0.3, 0.4) is 0 Å². The SMILES string of the molecule is CCCCOC(=O)NC1CCN(OC(=O)O)C1. The molecule has 17 heavy (non-hydrogen) atoms. The Balaban J connectivity index is 2.16. The summed E-state index contributed by atoms with van der Waals surface area (Å²) in [6.45, 7) is 3.26. The number of hydroxylamine groups is 2. The Hall–Kier alpha value is -1.50. The Morgan fingerprint density at radius 1 is 1.53 bits per heavy atom. The number of amides is 1. The van der Waals surface area contributed by atoms with Gasteiger partial charge in [0, 0.05) is 12.6 Å². The number of unbranched alkanes of at least 4 members (excludes halogenated alkanes) is 1. The van der Waals surface area contributed by atoms with E-state index in [2.05, 4.69) is 10.2 Å². The molecule has 0 saturated carbocycles. The van der Waals surface area contributed by atoms with Crippen LogP contribution in [0.2, 0.25) is 0 Å². The Kier molecular flexibility index (Phi) is 5.55. The van der Waals surface area contributed by atoms with Gasteiger partial charge >= 0.3 is 12.2 Å². The van der Waals surface area contributed by atoms with Crippen LogP contribution in [0.1, 0.15) is 26.2 Å². The topological polar surface area (TPSA) is 88.1 Å². The van der Waals surface area contributed by atoms with Gasteiger partial charge < -0.3 is 20.0 Å². The zero-order valence-corrected chi connectivity index (χ0v) is 9.85. The van der Waals surface area contributed by atoms with Gasteiger partial charge in [-0.2, -0.15) is 0 Å². The largest absolute Gasteiger partial charge is 0.525 e. The molecule has 7 heteroatoms. The number of carbonyl (C=O) groups excluding carboxylic acids is 1. The Morgan fingerprint density at radius 2 is 2.29 bits per heavy atom. The van der Waals surface area contributed by atoms with Crippen LogP contribution >= 0.6 is 0 Å². The average Bonchev–Trinajstić information content (AvgIpc) is 2.64. The normalized spacial score (nSPS) is 19.9. The number of nitrogens with one attached hydrogen (secondary N) is 1. The fraction of sp³-hybridized carbons (Fsp3) is 0.800. The maximum Gasteiger partial charge on any atom is 0.525 e. The molecule has 1 unspecified atom stereocenters. The highest BCUT2D eigenvalue weighted by Gasteiger charge is 2.26. The van der Waals surface area contributed by atoms with Crippen molar-refractivity contribution in [2.75, 3.05) is 19.7 Å². The van der Waals surface area contributed by atoms with Gasteiger partial charge in [0.1, 0.15) is 0 Å². The predicted molar refractivity (Wildman–Crippen MR) is 58.5 cm³/mol. The van der Waals surface area contributed by atoms with E-state index in [1.165, 1.54) is 5.06 Å². The summed E-state index contributed by atoms with van der Waals surface area (Å²) >= 11 is 0. The van der Waals surface area contributed by atoms with Gasteiger partial charge in [0.2, 0.25) is 0 Å². The molecule has 1 amide bonds. The van der Waals surface area contributed by atoms with Crippen molar-refractivity contribution >= 4 is 12.2 Å². The second kappa shape index (κ2) is 6.95. The molecule has 1 aliphatic heterocycles.